The highest BCUT2D eigenvalue weighted by Crippen LogP contribution is 2.45. The smallest absolute Gasteiger partial charge is 0.193 e. The Hall–Kier alpha value is -0.0400. The van der Waals surface area contributed by atoms with Crippen LogP contribution in [0, 0.1) is 5.41 Å². The van der Waals surface area contributed by atoms with Crippen LogP contribution in [0.4, 0.5) is 0 Å². The van der Waals surface area contributed by atoms with Gasteiger partial charge >= 0.3 is 0 Å². The summed E-state index contributed by atoms with van der Waals surface area (Å²) in [4.78, 5) is 9.69. The molecule has 4 nitrogen and oxygen atoms in total. The zero-order valence-electron chi connectivity index (χ0n) is 15.1. The Morgan fingerprint density at radius 2 is 1.86 bits per heavy atom. The molecule has 0 aromatic heterocycles. The van der Waals surface area contributed by atoms with Crippen molar-refractivity contribution in [3.8, 4) is 0 Å². The van der Waals surface area contributed by atoms with Gasteiger partial charge in [0.05, 0.1) is 6.54 Å². The normalized spacial score (nSPS) is 21.5. The summed E-state index contributed by atoms with van der Waals surface area (Å²) >= 11 is 0. The fourth-order valence-electron chi connectivity index (χ4n) is 3.48. The number of hydrogen-bond acceptors (Lipinski definition) is 2. The average Bonchev–Trinajstić information content (AvgIpc) is 3.05. The van der Waals surface area contributed by atoms with E-state index in [4.69, 9.17) is 4.99 Å². The summed E-state index contributed by atoms with van der Waals surface area (Å²) in [5.41, 5.74) is 0.707. The first-order valence-electron chi connectivity index (χ1n) is 8.59. The Morgan fingerprint density at radius 1 is 1.23 bits per heavy atom. The fourth-order valence-corrected chi connectivity index (χ4v) is 3.48. The maximum Gasteiger partial charge on any atom is 0.193 e. The maximum absolute atomic E-state index is 4.93. The third-order valence-electron chi connectivity index (χ3n) is 5.56. The molecule has 22 heavy (non-hydrogen) atoms. The molecule has 1 aliphatic heterocycles. The Kier molecular flexibility index (Phi) is 7.43. The van der Waals surface area contributed by atoms with Crippen LogP contribution in [0.25, 0.3) is 0 Å². The number of likely N-dealkylation sites (tertiary alicyclic amines) is 1. The second-order valence-electron chi connectivity index (χ2n) is 7.76. The van der Waals surface area contributed by atoms with Crippen molar-refractivity contribution < 1.29 is 0 Å². The first kappa shape index (κ1) is 20.0. The van der Waals surface area contributed by atoms with Crippen LogP contribution in [-0.4, -0.2) is 61.6 Å². The largest absolute Gasteiger partial charge is 0.357 e. The lowest BCUT2D eigenvalue weighted by molar-refractivity contribution is 0.204. The summed E-state index contributed by atoms with van der Waals surface area (Å²) < 4.78 is 0. The van der Waals surface area contributed by atoms with Crippen LogP contribution < -0.4 is 5.32 Å². The highest BCUT2D eigenvalue weighted by atomic mass is 127. The summed E-state index contributed by atoms with van der Waals surface area (Å²) in [6.07, 6.45) is 7.05. The van der Waals surface area contributed by atoms with Gasteiger partial charge in [0.2, 0.25) is 0 Å². The van der Waals surface area contributed by atoms with Crippen molar-refractivity contribution in [3.05, 3.63) is 0 Å². The van der Waals surface area contributed by atoms with Crippen LogP contribution in [0.3, 0.4) is 0 Å². The molecule has 0 unspecified atom stereocenters. The summed E-state index contributed by atoms with van der Waals surface area (Å²) in [5.74, 6) is 1.12. The van der Waals surface area contributed by atoms with E-state index in [0.29, 0.717) is 5.41 Å². The summed E-state index contributed by atoms with van der Waals surface area (Å²) in [6.45, 7) is 10.8. The van der Waals surface area contributed by atoms with E-state index >= 15 is 0 Å². The molecule has 0 aromatic rings. The number of nitrogens with zero attached hydrogens (tertiary/aromatic N) is 3. The number of guanidine groups is 1. The van der Waals surface area contributed by atoms with E-state index in [9.17, 15) is 0 Å². The van der Waals surface area contributed by atoms with Gasteiger partial charge in [0.25, 0.3) is 0 Å². The van der Waals surface area contributed by atoms with Gasteiger partial charge in [-0.2, -0.15) is 0 Å². The van der Waals surface area contributed by atoms with Crippen LogP contribution in [0.2, 0.25) is 0 Å². The zero-order valence-corrected chi connectivity index (χ0v) is 17.4. The lowest BCUT2D eigenvalue weighted by Crippen LogP contribution is -2.45. The molecule has 1 aliphatic carbocycles. The van der Waals surface area contributed by atoms with Gasteiger partial charge in [-0.15, -0.1) is 24.0 Å². The molecule has 2 rings (SSSR count). The summed E-state index contributed by atoms with van der Waals surface area (Å²) in [6, 6.07) is 0. The van der Waals surface area contributed by atoms with Crippen molar-refractivity contribution in [2.24, 2.45) is 10.4 Å². The molecule has 0 atom stereocenters. The molecule has 1 N–H and O–H groups in total. The number of rotatable bonds is 4. The molecular weight excluding hydrogens is 387 g/mol. The molecule has 1 saturated heterocycles. The van der Waals surface area contributed by atoms with Crippen LogP contribution in [-0.2, 0) is 0 Å². The van der Waals surface area contributed by atoms with Gasteiger partial charge in [0.15, 0.2) is 5.96 Å². The highest BCUT2D eigenvalue weighted by Gasteiger charge is 2.41. The van der Waals surface area contributed by atoms with E-state index in [1.54, 1.807) is 0 Å². The van der Waals surface area contributed by atoms with E-state index in [1.165, 1.54) is 45.2 Å². The minimum Gasteiger partial charge on any atom is -0.357 e. The van der Waals surface area contributed by atoms with Crippen molar-refractivity contribution >= 4 is 29.9 Å². The monoisotopic (exact) mass is 422 g/mol. The van der Waals surface area contributed by atoms with Gasteiger partial charge in [-0.25, -0.2) is 0 Å². The van der Waals surface area contributed by atoms with Crippen LogP contribution in [0.1, 0.15) is 52.9 Å². The number of likely N-dealkylation sites (N-methyl/N-ethyl adjacent to an activating group) is 1. The summed E-state index contributed by atoms with van der Waals surface area (Å²) in [5, 5.41) is 3.50. The molecule has 0 radical (unpaired) electrons. The quantitative estimate of drug-likeness (QED) is 0.429. The van der Waals surface area contributed by atoms with Gasteiger partial charge in [-0.05, 0) is 59.5 Å². The molecule has 0 amide bonds. The Labute approximate surface area is 154 Å². The predicted molar refractivity (Wildman–Crippen MR) is 106 cm³/mol. The molecule has 5 heteroatoms. The first-order valence-corrected chi connectivity index (χ1v) is 8.59. The number of nitrogens with one attached hydrogen (secondary N) is 1. The van der Waals surface area contributed by atoms with E-state index in [1.807, 2.05) is 0 Å². The van der Waals surface area contributed by atoms with Gasteiger partial charge in [0.1, 0.15) is 0 Å². The summed E-state index contributed by atoms with van der Waals surface area (Å²) in [7, 11) is 4.26. The molecular formula is C17H35IN4. The lowest BCUT2D eigenvalue weighted by Gasteiger charge is -2.32. The molecule has 2 aliphatic rings. The Bertz CT molecular complexity index is 373. The van der Waals surface area contributed by atoms with Crippen molar-refractivity contribution in [2.45, 2.75) is 58.4 Å². The van der Waals surface area contributed by atoms with E-state index < -0.39 is 0 Å². The van der Waals surface area contributed by atoms with Crippen molar-refractivity contribution in [1.82, 2.24) is 15.1 Å². The van der Waals surface area contributed by atoms with Gasteiger partial charge < -0.3 is 15.1 Å². The van der Waals surface area contributed by atoms with Crippen molar-refractivity contribution in [1.29, 1.82) is 0 Å². The Morgan fingerprint density at radius 3 is 2.41 bits per heavy atom. The highest BCUT2D eigenvalue weighted by molar-refractivity contribution is 14.0. The zero-order chi connectivity index (χ0) is 15.5. The van der Waals surface area contributed by atoms with Crippen LogP contribution >= 0.6 is 24.0 Å². The van der Waals surface area contributed by atoms with Gasteiger partial charge in [-0.3, -0.25) is 4.99 Å². The first-order chi connectivity index (χ1) is 9.88. The fraction of sp³-hybridized carbons (Fsp3) is 0.941. The second-order valence-corrected chi connectivity index (χ2v) is 7.76. The number of halogens is 1. The molecule has 1 heterocycles. The van der Waals surface area contributed by atoms with E-state index in [2.05, 4.69) is 50.0 Å². The third-order valence-corrected chi connectivity index (χ3v) is 5.56. The van der Waals surface area contributed by atoms with E-state index in [-0.39, 0.29) is 29.5 Å². The molecule has 130 valence electrons. The molecule has 1 spiro atoms. The predicted octanol–water partition coefficient (Wildman–Crippen LogP) is 3.18. The average molecular weight is 422 g/mol. The minimum atomic E-state index is 0. The minimum absolute atomic E-state index is 0. The molecule has 0 aromatic carbocycles. The standard InChI is InChI=1S/C17H34N4.HI/c1-6-18-15(19-13-16(2,3)20(4)5)21-12-11-17(14-21)9-7-8-10-17;/h6-14H2,1-5H3,(H,18,19);1H. The lowest BCUT2D eigenvalue weighted by atomic mass is 9.86. The number of hydrogen-bond donors (Lipinski definition) is 1. The van der Waals surface area contributed by atoms with Gasteiger partial charge in [-0.1, -0.05) is 12.8 Å². The molecule has 0 bridgehead atoms. The van der Waals surface area contributed by atoms with Crippen LogP contribution in [0.15, 0.2) is 4.99 Å². The molecule has 2 fully saturated rings. The third kappa shape index (κ3) is 4.73. The number of aliphatic imine (C=N–C) groups is 1. The van der Waals surface area contributed by atoms with Crippen LogP contribution in [0.5, 0.6) is 0 Å². The van der Waals surface area contributed by atoms with Crippen molar-refractivity contribution in [3.63, 3.8) is 0 Å². The SMILES string of the molecule is CCNC(=NCC(C)(C)N(C)C)N1CCC2(CCCC2)C1.I. The maximum atomic E-state index is 4.93. The second kappa shape index (κ2) is 8.18. The van der Waals surface area contributed by atoms with E-state index in [0.717, 1.165) is 19.0 Å². The molecule has 1 saturated carbocycles. The van der Waals surface area contributed by atoms with Gasteiger partial charge in [0, 0.05) is 25.2 Å². The van der Waals surface area contributed by atoms with Crippen molar-refractivity contribution in [2.75, 3.05) is 40.3 Å². The topological polar surface area (TPSA) is 30.9 Å². The Balaban J connectivity index is 0.00000242.